The number of amides is 1. The summed E-state index contributed by atoms with van der Waals surface area (Å²) in [5, 5.41) is 0. The van der Waals surface area contributed by atoms with Crippen molar-refractivity contribution in [3.63, 3.8) is 0 Å². The number of halogens is 1. The van der Waals surface area contributed by atoms with Crippen molar-refractivity contribution in [1.82, 2.24) is 9.80 Å². The molecule has 1 atom stereocenters. The normalized spacial score (nSPS) is 21.0. The number of hydrogen-bond donors (Lipinski definition) is 0. The van der Waals surface area contributed by atoms with E-state index < -0.39 is 0 Å². The maximum Gasteiger partial charge on any atom is 0.254 e. The third-order valence-corrected chi connectivity index (χ3v) is 4.83. The van der Waals surface area contributed by atoms with E-state index in [9.17, 15) is 9.18 Å². The second-order valence-electron chi connectivity index (χ2n) is 6.38. The van der Waals surface area contributed by atoms with Crippen LogP contribution in [-0.4, -0.2) is 41.4 Å². The molecule has 23 heavy (non-hydrogen) atoms. The highest BCUT2D eigenvalue weighted by molar-refractivity contribution is 5.97. The van der Waals surface area contributed by atoms with Crippen LogP contribution in [-0.2, 0) is 13.0 Å². The van der Waals surface area contributed by atoms with Gasteiger partial charge in [-0.15, -0.1) is 0 Å². The van der Waals surface area contributed by atoms with Crippen molar-refractivity contribution in [3.05, 3.63) is 71.0 Å². The summed E-state index contributed by atoms with van der Waals surface area (Å²) in [5.74, 6) is -0.353. The average molecular weight is 310 g/mol. The number of carbonyl (C=O) groups is 1. The van der Waals surface area contributed by atoms with Crippen LogP contribution in [0.3, 0.4) is 0 Å². The van der Waals surface area contributed by atoms with Crippen LogP contribution in [0.15, 0.2) is 48.5 Å². The molecular formula is C19H19FN2O. The van der Waals surface area contributed by atoms with Crippen molar-refractivity contribution < 1.29 is 9.18 Å². The van der Waals surface area contributed by atoms with Crippen LogP contribution in [0.1, 0.15) is 21.5 Å². The van der Waals surface area contributed by atoms with Gasteiger partial charge in [0.25, 0.3) is 5.91 Å². The van der Waals surface area contributed by atoms with Gasteiger partial charge in [0.1, 0.15) is 5.82 Å². The van der Waals surface area contributed by atoms with E-state index in [1.807, 2.05) is 11.0 Å². The Hall–Kier alpha value is -2.20. The Morgan fingerprint density at radius 3 is 2.74 bits per heavy atom. The van der Waals surface area contributed by atoms with Gasteiger partial charge in [-0.2, -0.15) is 0 Å². The third-order valence-electron chi connectivity index (χ3n) is 4.83. The quantitative estimate of drug-likeness (QED) is 0.851. The van der Waals surface area contributed by atoms with Crippen LogP contribution in [0, 0.1) is 5.82 Å². The summed E-state index contributed by atoms with van der Waals surface area (Å²) in [4.78, 5) is 16.9. The Labute approximate surface area is 135 Å². The molecule has 3 nitrogen and oxygen atoms in total. The molecule has 0 spiro atoms. The van der Waals surface area contributed by atoms with E-state index in [1.54, 1.807) is 6.07 Å². The molecule has 0 unspecified atom stereocenters. The smallest absolute Gasteiger partial charge is 0.254 e. The molecule has 0 aromatic heterocycles. The van der Waals surface area contributed by atoms with Crippen molar-refractivity contribution >= 4 is 5.91 Å². The van der Waals surface area contributed by atoms with Crippen molar-refractivity contribution in [2.45, 2.75) is 19.0 Å². The van der Waals surface area contributed by atoms with Crippen LogP contribution in [0.4, 0.5) is 4.39 Å². The van der Waals surface area contributed by atoms with E-state index in [-0.39, 0.29) is 17.8 Å². The molecule has 4 rings (SSSR count). The van der Waals surface area contributed by atoms with Crippen LogP contribution >= 0.6 is 0 Å². The van der Waals surface area contributed by atoms with Gasteiger partial charge in [-0.3, -0.25) is 9.69 Å². The van der Waals surface area contributed by atoms with Gasteiger partial charge >= 0.3 is 0 Å². The van der Waals surface area contributed by atoms with Crippen LogP contribution < -0.4 is 0 Å². The maximum absolute atomic E-state index is 13.4. The molecule has 0 radical (unpaired) electrons. The summed E-state index contributed by atoms with van der Waals surface area (Å²) in [5.41, 5.74) is 2.81. The monoisotopic (exact) mass is 310 g/mol. The lowest BCUT2D eigenvalue weighted by Gasteiger charge is -2.44. The summed E-state index contributed by atoms with van der Waals surface area (Å²) in [6.45, 7) is 3.36. The second kappa shape index (κ2) is 5.78. The first-order valence-electron chi connectivity index (χ1n) is 8.06. The fourth-order valence-electron chi connectivity index (χ4n) is 3.68. The van der Waals surface area contributed by atoms with E-state index in [0.29, 0.717) is 12.1 Å². The number of piperazine rings is 1. The molecule has 0 bridgehead atoms. The lowest BCUT2D eigenvalue weighted by Crippen LogP contribution is -2.57. The Morgan fingerprint density at radius 2 is 1.91 bits per heavy atom. The van der Waals surface area contributed by atoms with Crippen molar-refractivity contribution in [2.24, 2.45) is 0 Å². The Kier molecular flexibility index (Phi) is 3.62. The number of benzene rings is 2. The molecule has 4 heteroatoms. The van der Waals surface area contributed by atoms with Gasteiger partial charge in [-0.1, -0.05) is 36.4 Å². The standard InChI is InChI=1S/C19H19FN2O/c20-16-7-6-15-10-17-13-21(12-14-4-2-1-3-5-14)8-9-22(17)19(23)18(15)11-16/h1-7,11,17H,8-10,12-13H2/t17-/m1/s1. The predicted octanol–water partition coefficient (Wildman–Crippen LogP) is 2.71. The molecule has 118 valence electrons. The second-order valence-corrected chi connectivity index (χ2v) is 6.38. The fraction of sp³-hybridized carbons (Fsp3) is 0.316. The first-order chi connectivity index (χ1) is 11.2. The molecule has 2 aromatic rings. The third kappa shape index (κ3) is 2.75. The van der Waals surface area contributed by atoms with Gasteiger partial charge in [-0.25, -0.2) is 4.39 Å². The predicted molar refractivity (Wildman–Crippen MR) is 86.6 cm³/mol. The summed E-state index contributed by atoms with van der Waals surface area (Å²) in [7, 11) is 0. The number of hydrogen-bond acceptors (Lipinski definition) is 2. The zero-order chi connectivity index (χ0) is 15.8. The summed E-state index contributed by atoms with van der Waals surface area (Å²) >= 11 is 0. The van der Waals surface area contributed by atoms with E-state index in [1.165, 1.54) is 17.7 Å². The molecule has 0 N–H and O–H groups in total. The number of fused-ring (bicyclic) bond motifs is 2. The molecule has 0 saturated carbocycles. The highest BCUT2D eigenvalue weighted by Crippen LogP contribution is 2.27. The maximum atomic E-state index is 13.4. The SMILES string of the molecule is O=C1c2cc(F)ccc2C[C@@H]2CN(Cc3ccccc3)CCN12. The van der Waals surface area contributed by atoms with E-state index in [2.05, 4.69) is 29.2 Å². The van der Waals surface area contributed by atoms with E-state index in [4.69, 9.17) is 0 Å². The van der Waals surface area contributed by atoms with Crippen LogP contribution in [0.2, 0.25) is 0 Å². The molecule has 1 amide bonds. The molecular weight excluding hydrogens is 291 g/mol. The molecule has 2 aliphatic heterocycles. The molecule has 2 aromatic carbocycles. The Bertz CT molecular complexity index is 731. The lowest BCUT2D eigenvalue weighted by molar-refractivity contribution is 0.0401. The summed E-state index contributed by atoms with van der Waals surface area (Å²) in [6, 6.07) is 15.2. The summed E-state index contributed by atoms with van der Waals surface area (Å²) < 4.78 is 13.4. The fourth-order valence-corrected chi connectivity index (χ4v) is 3.68. The van der Waals surface area contributed by atoms with E-state index >= 15 is 0 Å². The van der Waals surface area contributed by atoms with Gasteiger partial charge in [0.2, 0.25) is 0 Å². The van der Waals surface area contributed by atoms with Gasteiger partial charge in [0.15, 0.2) is 0 Å². The minimum atomic E-state index is -0.335. The molecule has 2 aliphatic rings. The van der Waals surface area contributed by atoms with E-state index in [0.717, 1.165) is 31.6 Å². The van der Waals surface area contributed by atoms with Crippen LogP contribution in [0.5, 0.6) is 0 Å². The lowest BCUT2D eigenvalue weighted by atomic mass is 9.91. The first-order valence-corrected chi connectivity index (χ1v) is 8.06. The number of nitrogens with zero attached hydrogens (tertiary/aromatic N) is 2. The summed E-state index contributed by atoms with van der Waals surface area (Å²) in [6.07, 6.45) is 0.812. The molecule has 0 aliphatic carbocycles. The highest BCUT2D eigenvalue weighted by Gasteiger charge is 2.36. The van der Waals surface area contributed by atoms with Crippen molar-refractivity contribution in [1.29, 1.82) is 0 Å². The first kappa shape index (κ1) is 14.4. The Morgan fingerprint density at radius 1 is 1.09 bits per heavy atom. The zero-order valence-corrected chi connectivity index (χ0v) is 12.9. The van der Waals surface area contributed by atoms with Gasteiger partial charge in [-0.05, 0) is 29.7 Å². The number of rotatable bonds is 2. The molecule has 1 saturated heterocycles. The minimum Gasteiger partial charge on any atom is -0.333 e. The zero-order valence-electron chi connectivity index (χ0n) is 12.9. The largest absolute Gasteiger partial charge is 0.333 e. The van der Waals surface area contributed by atoms with Crippen molar-refractivity contribution in [3.8, 4) is 0 Å². The van der Waals surface area contributed by atoms with Crippen LogP contribution in [0.25, 0.3) is 0 Å². The highest BCUT2D eigenvalue weighted by atomic mass is 19.1. The molecule has 2 heterocycles. The van der Waals surface area contributed by atoms with Gasteiger partial charge in [0.05, 0.1) is 0 Å². The molecule has 1 fully saturated rings. The van der Waals surface area contributed by atoms with Gasteiger partial charge in [0, 0.05) is 37.8 Å². The average Bonchev–Trinajstić information content (AvgIpc) is 2.57. The topological polar surface area (TPSA) is 23.6 Å². The van der Waals surface area contributed by atoms with Gasteiger partial charge < -0.3 is 4.90 Å². The van der Waals surface area contributed by atoms with Crippen molar-refractivity contribution in [2.75, 3.05) is 19.6 Å². The number of carbonyl (C=O) groups excluding carboxylic acids is 1. The Balaban J connectivity index is 1.52. The minimum absolute atomic E-state index is 0.0184.